The molecule has 0 atom stereocenters. The van der Waals surface area contributed by atoms with Crippen LogP contribution in [0.4, 0.5) is 10.7 Å². The number of nitrogens with zero attached hydrogens (tertiary/aromatic N) is 1. The van der Waals surface area contributed by atoms with E-state index in [1.165, 1.54) is 17.4 Å². The first-order valence-electron chi connectivity index (χ1n) is 5.80. The molecule has 102 valence electrons. The van der Waals surface area contributed by atoms with Gasteiger partial charge in [0, 0.05) is 10.6 Å². The monoisotopic (exact) mass is 305 g/mol. The third-order valence-electron chi connectivity index (χ3n) is 2.96. The Hall–Kier alpha value is -2.03. The zero-order valence-corrected chi connectivity index (χ0v) is 12.5. The summed E-state index contributed by atoms with van der Waals surface area (Å²) in [4.78, 5) is 13.2. The van der Waals surface area contributed by atoms with Gasteiger partial charge >= 0.3 is 0 Å². The van der Waals surface area contributed by atoms with Crippen LogP contribution in [0, 0.1) is 25.2 Å². The van der Waals surface area contributed by atoms with Crippen LogP contribution in [0.3, 0.4) is 0 Å². The highest BCUT2D eigenvalue weighted by molar-refractivity contribution is 7.16. The highest BCUT2D eigenvalue weighted by Gasteiger charge is 2.17. The van der Waals surface area contributed by atoms with Gasteiger partial charge in [0.05, 0.1) is 16.1 Å². The molecule has 0 unspecified atom stereocenters. The molecule has 0 bridgehead atoms. The van der Waals surface area contributed by atoms with E-state index in [-0.39, 0.29) is 5.91 Å². The van der Waals surface area contributed by atoms with Gasteiger partial charge in [-0.25, -0.2) is 0 Å². The maximum atomic E-state index is 12.2. The van der Waals surface area contributed by atoms with E-state index in [0.29, 0.717) is 26.8 Å². The summed E-state index contributed by atoms with van der Waals surface area (Å²) in [7, 11) is 0. The molecule has 0 aliphatic heterocycles. The van der Waals surface area contributed by atoms with E-state index < -0.39 is 0 Å². The lowest BCUT2D eigenvalue weighted by atomic mass is 10.1. The number of benzene rings is 1. The molecule has 0 saturated carbocycles. The second-order valence-electron chi connectivity index (χ2n) is 4.29. The average Bonchev–Trinajstić information content (AvgIpc) is 2.67. The number of carbonyl (C=O) groups excluding carboxylic acids is 1. The topological polar surface area (TPSA) is 78.9 Å². The fourth-order valence-electron chi connectivity index (χ4n) is 1.74. The lowest BCUT2D eigenvalue weighted by Gasteiger charge is -2.06. The van der Waals surface area contributed by atoms with Gasteiger partial charge in [-0.3, -0.25) is 4.79 Å². The number of nitrogens with two attached hydrogens (primary N) is 1. The number of rotatable bonds is 2. The van der Waals surface area contributed by atoms with Crippen molar-refractivity contribution in [3.63, 3.8) is 0 Å². The summed E-state index contributed by atoms with van der Waals surface area (Å²) in [6, 6.07) is 6.81. The Labute approximate surface area is 125 Å². The van der Waals surface area contributed by atoms with Crippen LogP contribution in [-0.4, -0.2) is 5.91 Å². The maximum absolute atomic E-state index is 12.2. The molecule has 3 N–H and O–H groups in total. The van der Waals surface area contributed by atoms with Crippen LogP contribution in [0.5, 0.6) is 0 Å². The quantitative estimate of drug-likeness (QED) is 0.830. The molecule has 4 nitrogen and oxygen atoms in total. The normalized spacial score (nSPS) is 10.1. The first-order valence-corrected chi connectivity index (χ1v) is 7.00. The lowest BCUT2D eigenvalue weighted by molar-refractivity contribution is 0.102. The number of nitriles is 1. The Morgan fingerprint density at radius 3 is 2.80 bits per heavy atom. The standard InChI is InChI=1S/C14H12ClN3OS/c1-7-8(2)20-14(11(7)6-16)18-13(19)10-5-9(17)3-4-12(10)15/h3-5H,17H2,1-2H3,(H,18,19). The van der Waals surface area contributed by atoms with Crippen molar-refractivity contribution in [3.05, 3.63) is 44.8 Å². The van der Waals surface area contributed by atoms with Crippen molar-refractivity contribution in [1.29, 1.82) is 5.26 Å². The lowest BCUT2D eigenvalue weighted by Crippen LogP contribution is -2.12. The molecule has 6 heteroatoms. The van der Waals surface area contributed by atoms with Crippen molar-refractivity contribution in [1.82, 2.24) is 0 Å². The zero-order chi connectivity index (χ0) is 14.9. The number of carbonyl (C=O) groups is 1. The predicted octanol–water partition coefficient (Wildman–Crippen LogP) is 3.72. The molecule has 20 heavy (non-hydrogen) atoms. The van der Waals surface area contributed by atoms with Gasteiger partial charge in [-0.05, 0) is 37.6 Å². The molecule has 1 amide bonds. The molecule has 2 rings (SSSR count). The van der Waals surface area contributed by atoms with Gasteiger partial charge in [-0.1, -0.05) is 11.6 Å². The van der Waals surface area contributed by atoms with Crippen molar-refractivity contribution >= 4 is 39.5 Å². The van der Waals surface area contributed by atoms with Gasteiger partial charge in [0.1, 0.15) is 11.1 Å². The van der Waals surface area contributed by atoms with Gasteiger partial charge in [0.2, 0.25) is 0 Å². The number of anilines is 2. The van der Waals surface area contributed by atoms with E-state index in [1.807, 2.05) is 13.8 Å². The molecule has 0 fully saturated rings. The summed E-state index contributed by atoms with van der Waals surface area (Å²) in [6.45, 7) is 3.76. The third-order valence-corrected chi connectivity index (χ3v) is 4.41. The Morgan fingerprint density at radius 1 is 1.45 bits per heavy atom. The molecule has 1 aromatic carbocycles. The van der Waals surface area contributed by atoms with Gasteiger partial charge in [-0.2, -0.15) is 5.26 Å². The number of amides is 1. The van der Waals surface area contributed by atoms with Crippen LogP contribution < -0.4 is 11.1 Å². The SMILES string of the molecule is Cc1sc(NC(=O)c2cc(N)ccc2Cl)c(C#N)c1C. The summed E-state index contributed by atoms with van der Waals surface area (Å²) in [5.41, 5.74) is 7.77. The molecule has 2 aromatic rings. The zero-order valence-electron chi connectivity index (χ0n) is 11.0. The minimum absolute atomic E-state index is 0.291. The third kappa shape index (κ3) is 2.62. The fourth-order valence-corrected chi connectivity index (χ4v) is 2.95. The van der Waals surface area contributed by atoms with E-state index in [4.69, 9.17) is 22.6 Å². The Morgan fingerprint density at radius 2 is 2.15 bits per heavy atom. The molecule has 0 spiro atoms. The summed E-state index contributed by atoms with van der Waals surface area (Å²) >= 11 is 7.36. The molecule has 0 saturated heterocycles. The number of nitrogen functional groups attached to an aromatic ring is 1. The minimum Gasteiger partial charge on any atom is -0.399 e. The van der Waals surface area contributed by atoms with Crippen molar-refractivity contribution in [2.75, 3.05) is 11.1 Å². The molecule has 1 aromatic heterocycles. The fraction of sp³-hybridized carbons (Fsp3) is 0.143. The number of halogens is 1. The van der Waals surface area contributed by atoms with Gasteiger partial charge in [0.15, 0.2) is 0 Å². The van der Waals surface area contributed by atoms with Gasteiger partial charge < -0.3 is 11.1 Å². The number of hydrogen-bond donors (Lipinski definition) is 2. The minimum atomic E-state index is -0.375. The number of thiophene rings is 1. The molecule has 0 aliphatic carbocycles. The van der Waals surface area contributed by atoms with Crippen LogP contribution >= 0.6 is 22.9 Å². The first kappa shape index (κ1) is 14.4. The summed E-state index contributed by atoms with van der Waals surface area (Å²) in [5.74, 6) is -0.375. The van der Waals surface area contributed by atoms with Crippen molar-refractivity contribution in [2.24, 2.45) is 0 Å². The van der Waals surface area contributed by atoms with E-state index >= 15 is 0 Å². The maximum Gasteiger partial charge on any atom is 0.257 e. The van der Waals surface area contributed by atoms with Crippen LogP contribution in [0.2, 0.25) is 5.02 Å². The van der Waals surface area contributed by atoms with Crippen molar-refractivity contribution in [2.45, 2.75) is 13.8 Å². The second-order valence-corrected chi connectivity index (χ2v) is 5.92. The summed E-state index contributed by atoms with van der Waals surface area (Å²) in [6.07, 6.45) is 0. The summed E-state index contributed by atoms with van der Waals surface area (Å²) in [5, 5.41) is 12.7. The molecule has 1 heterocycles. The Kier molecular flexibility index (Phi) is 3.98. The predicted molar refractivity (Wildman–Crippen MR) is 82.3 cm³/mol. The molecule has 0 radical (unpaired) electrons. The second kappa shape index (κ2) is 5.53. The number of aryl methyl sites for hydroxylation is 1. The van der Waals surface area contributed by atoms with E-state index in [0.717, 1.165) is 10.4 Å². The highest BCUT2D eigenvalue weighted by Crippen LogP contribution is 2.32. The smallest absolute Gasteiger partial charge is 0.257 e. The Bertz CT molecular complexity index is 731. The molecular formula is C14H12ClN3OS. The molecule has 0 aliphatic rings. The largest absolute Gasteiger partial charge is 0.399 e. The molecular weight excluding hydrogens is 294 g/mol. The Balaban J connectivity index is 2.36. The highest BCUT2D eigenvalue weighted by atomic mass is 35.5. The number of nitrogens with one attached hydrogen (secondary N) is 1. The van der Waals surface area contributed by atoms with Crippen LogP contribution in [0.1, 0.15) is 26.4 Å². The van der Waals surface area contributed by atoms with Crippen molar-refractivity contribution in [3.8, 4) is 6.07 Å². The first-order chi connectivity index (χ1) is 9.43. The average molecular weight is 306 g/mol. The van der Waals surface area contributed by atoms with Crippen molar-refractivity contribution < 1.29 is 4.79 Å². The van der Waals surface area contributed by atoms with E-state index in [1.54, 1.807) is 12.1 Å². The summed E-state index contributed by atoms with van der Waals surface area (Å²) < 4.78 is 0. The van der Waals surface area contributed by atoms with E-state index in [2.05, 4.69) is 11.4 Å². The van der Waals surface area contributed by atoms with E-state index in [9.17, 15) is 4.79 Å². The van der Waals surface area contributed by atoms with Gasteiger partial charge in [0.25, 0.3) is 5.91 Å². The van der Waals surface area contributed by atoms with Gasteiger partial charge in [-0.15, -0.1) is 11.3 Å². The van der Waals surface area contributed by atoms with Crippen LogP contribution in [0.15, 0.2) is 18.2 Å². The van der Waals surface area contributed by atoms with Crippen LogP contribution in [-0.2, 0) is 0 Å². The number of hydrogen-bond acceptors (Lipinski definition) is 4. The van der Waals surface area contributed by atoms with Crippen LogP contribution in [0.25, 0.3) is 0 Å².